The Morgan fingerprint density at radius 3 is 2.53 bits per heavy atom. The molecule has 0 aliphatic rings. The minimum Gasteiger partial charge on any atom is -0.299 e. The van der Waals surface area contributed by atoms with E-state index < -0.39 is 5.67 Å². The number of halogens is 1. The molecule has 1 aromatic rings. The first kappa shape index (κ1) is 11.9. The normalized spacial score (nSPS) is 15.0. The first-order chi connectivity index (χ1) is 6.97. The summed E-state index contributed by atoms with van der Waals surface area (Å²) >= 11 is 0. The van der Waals surface area contributed by atoms with Gasteiger partial charge in [-0.25, -0.2) is 4.39 Å². The summed E-state index contributed by atoms with van der Waals surface area (Å²) in [5.74, 6) is 0.452. The highest BCUT2D eigenvalue weighted by Gasteiger charge is 2.27. The molecule has 1 unspecified atom stereocenters. The van der Waals surface area contributed by atoms with E-state index in [0.29, 0.717) is 17.8 Å². The lowest BCUT2D eigenvalue weighted by atomic mass is 9.90. The van der Waals surface area contributed by atoms with Crippen molar-refractivity contribution in [3.63, 3.8) is 0 Å². The molecule has 0 aliphatic carbocycles. The highest BCUT2D eigenvalue weighted by molar-refractivity contribution is 5.66. The van der Waals surface area contributed by atoms with E-state index in [1.54, 1.807) is 12.1 Å². The van der Waals surface area contributed by atoms with Gasteiger partial charge in [0.15, 0.2) is 12.0 Å². The summed E-state index contributed by atoms with van der Waals surface area (Å²) in [4.78, 5) is 10.7. The van der Waals surface area contributed by atoms with Crippen molar-refractivity contribution in [3.8, 4) is 0 Å². The molecule has 0 aliphatic heterocycles. The minimum absolute atomic E-state index is 0.367. The molecule has 0 fully saturated rings. The predicted octanol–water partition coefficient (Wildman–Crippen LogP) is 3.27. The van der Waals surface area contributed by atoms with Crippen LogP contribution in [0.4, 0.5) is 4.39 Å². The second-order valence-corrected chi connectivity index (χ2v) is 4.45. The third kappa shape index (κ3) is 2.88. The van der Waals surface area contributed by atoms with Gasteiger partial charge in [0, 0.05) is 0 Å². The van der Waals surface area contributed by atoms with Gasteiger partial charge in [-0.2, -0.15) is 0 Å². The summed E-state index contributed by atoms with van der Waals surface area (Å²) in [5, 5.41) is 0. The van der Waals surface area contributed by atoms with Gasteiger partial charge < -0.3 is 0 Å². The number of carbonyl (C=O) groups excluding carboxylic acids is 1. The molecule has 1 aromatic carbocycles. The van der Waals surface area contributed by atoms with Gasteiger partial charge in [0.1, 0.15) is 0 Å². The van der Waals surface area contributed by atoms with E-state index in [0.717, 1.165) is 12.0 Å². The Hall–Kier alpha value is -1.18. The zero-order valence-corrected chi connectivity index (χ0v) is 9.46. The lowest BCUT2D eigenvalue weighted by molar-refractivity contribution is -0.117. The number of rotatable bonds is 4. The van der Waals surface area contributed by atoms with E-state index in [4.69, 9.17) is 0 Å². The summed E-state index contributed by atoms with van der Waals surface area (Å²) in [5.41, 5.74) is -0.454. The Kier molecular flexibility index (Phi) is 3.61. The summed E-state index contributed by atoms with van der Waals surface area (Å²) in [6, 6.07) is 7.21. The van der Waals surface area contributed by atoms with E-state index in [-0.39, 0.29) is 0 Å². The van der Waals surface area contributed by atoms with Crippen molar-refractivity contribution >= 4 is 6.29 Å². The third-order valence-electron chi connectivity index (χ3n) is 2.39. The third-order valence-corrected chi connectivity index (χ3v) is 2.39. The molecule has 0 saturated heterocycles. The topological polar surface area (TPSA) is 17.1 Å². The van der Waals surface area contributed by atoms with Crippen LogP contribution in [0.5, 0.6) is 0 Å². The fourth-order valence-electron chi connectivity index (χ4n) is 1.68. The van der Waals surface area contributed by atoms with E-state index >= 15 is 0 Å². The molecular weight excluding hydrogens is 191 g/mol. The van der Waals surface area contributed by atoms with Crippen LogP contribution in [0.2, 0.25) is 0 Å². The largest absolute Gasteiger partial charge is 0.299 e. The molecule has 15 heavy (non-hydrogen) atoms. The quantitative estimate of drug-likeness (QED) is 0.694. The van der Waals surface area contributed by atoms with E-state index in [1.165, 1.54) is 6.92 Å². The average Bonchev–Trinajstić information content (AvgIpc) is 2.17. The van der Waals surface area contributed by atoms with Crippen LogP contribution in [-0.2, 0) is 16.9 Å². The Morgan fingerprint density at radius 2 is 2.00 bits per heavy atom. The molecule has 82 valence electrons. The molecule has 0 amide bonds. The zero-order valence-electron chi connectivity index (χ0n) is 9.46. The van der Waals surface area contributed by atoms with Crippen LogP contribution in [0.3, 0.4) is 0 Å². The van der Waals surface area contributed by atoms with E-state index in [9.17, 15) is 9.18 Å². The average molecular weight is 208 g/mol. The molecule has 2 heteroatoms. The van der Waals surface area contributed by atoms with Crippen molar-refractivity contribution in [1.82, 2.24) is 0 Å². The van der Waals surface area contributed by atoms with Crippen molar-refractivity contribution in [3.05, 3.63) is 35.4 Å². The Labute approximate surface area is 90.3 Å². The molecule has 0 radical (unpaired) electrons. The van der Waals surface area contributed by atoms with Crippen molar-refractivity contribution in [1.29, 1.82) is 0 Å². The highest BCUT2D eigenvalue weighted by atomic mass is 19.1. The number of aldehydes is 1. The maximum Gasteiger partial charge on any atom is 0.188 e. The highest BCUT2D eigenvalue weighted by Crippen LogP contribution is 2.27. The Bertz CT molecular complexity index is 342. The maximum absolute atomic E-state index is 13.9. The van der Waals surface area contributed by atoms with Crippen LogP contribution in [0.1, 0.15) is 31.9 Å². The zero-order chi connectivity index (χ0) is 11.5. The number of carbonyl (C=O) groups is 1. The summed E-state index contributed by atoms with van der Waals surface area (Å²) in [6.07, 6.45) is 1.16. The van der Waals surface area contributed by atoms with Crippen molar-refractivity contribution in [2.75, 3.05) is 0 Å². The van der Waals surface area contributed by atoms with Gasteiger partial charge in [-0.3, -0.25) is 4.79 Å². The summed E-state index contributed by atoms with van der Waals surface area (Å²) < 4.78 is 13.9. The van der Waals surface area contributed by atoms with Crippen LogP contribution in [0.15, 0.2) is 24.3 Å². The molecule has 0 N–H and O–H groups in total. The van der Waals surface area contributed by atoms with Crippen LogP contribution >= 0.6 is 0 Å². The smallest absolute Gasteiger partial charge is 0.188 e. The van der Waals surface area contributed by atoms with Crippen LogP contribution in [0, 0.1) is 5.92 Å². The Balaban J connectivity index is 3.11. The van der Waals surface area contributed by atoms with Crippen molar-refractivity contribution < 1.29 is 9.18 Å². The summed E-state index contributed by atoms with van der Waals surface area (Å²) in [6.45, 7) is 5.46. The van der Waals surface area contributed by atoms with Gasteiger partial charge in [0.05, 0.1) is 0 Å². The number of alkyl halides is 1. The SMILES string of the molecule is CC(C)Cc1ccccc1C(C)(F)C=O. The van der Waals surface area contributed by atoms with Gasteiger partial charge in [-0.05, 0) is 30.4 Å². The maximum atomic E-state index is 13.9. The molecule has 0 bridgehead atoms. The van der Waals surface area contributed by atoms with Gasteiger partial charge in [0.25, 0.3) is 0 Å². The second kappa shape index (κ2) is 4.56. The van der Waals surface area contributed by atoms with Crippen molar-refractivity contribution in [2.24, 2.45) is 5.92 Å². The van der Waals surface area contributed by atoms with Crippen LogP contribution in [-0.4, -0.2) is 6.29 Å². The number of benzene rings is 1. The number of hydrogen-bond donors (Lipinski definition) is 0. The molecule has 0 aromatic heterocycles. The van der Waals surface area contributed by atoms with Crippen molar-refractivity contribution in [2.45, 2.75) is 32.9 Å². The molecule has 1 nitrogen and oxygen atoms in total. The first-order valence-corrected chi connectivity index (χ1v) is 5.21. The Morgan fingerprint density at radius 1 is 1.40 bits per heavy atom. The summed E-state index contributed by atoms with van der Waals surface area (Å²) in [7, 11) is 0. The van der Waals surface area contributed by atoms with E-state index in [1.807, 2.05) is 12.1 Å². The molecule has 1 atom stereocenters. The lowest BCUT2D eigenvalue weighted by Gasteiger charge is -2.18. The molecule has 1 rings (SSSR count). The van der Waals surface area contributed by atoms with Gasteiger partial charge >= 0.3 is 0 Å². The van der Waals surface area contributed by atoms with Gasteiger partial charge in [-0.1, -0.05) is 38.1 Å². The standard InChI is InChI=1S/C13H17FO/c1-10(2)8-11-6-4-5-7-12(11)13(3,14)9-15/h4-7,9-10H,8H2,1-3H3. The second-order valence-electron chi connectivity index (χ2n) is 4.45. The molecule has 0 saturated carbocycles. The molecule has 0 heterocycles. The number of hydrogen-bond acceptors (Lipinski definition) is 1. The van der Waals surface area contributed by atoms with Crippen LogP contribution in [0.25, 0.3) is 0 Å². The first-order valence-electron chi connectivity index (χ1n) is 5.21. The van der Waals surface area contributed by atoms with Gasteiger partial charge in [0.2, 0.25) is 0 Å². The van der Waals surface area contributed by atoms with Crippen LogP contribution < -0.4 is 0 Å². The van der Waals surface area contributed by atoms with Gasteiger partial charge in [-0.15, -0.1) is 0 Å². The monoisotopic (exact) mass is 208 g/mol. The molecule has 0 spiro atoms. The fourth-order valence-corrected chi connectivity index (χ4v) is 1.68. The van der Waals surface area contributed by atoms with E-state index in [2.05, 4.69) is 13.8 Å². The fraction of sp³-hybridized carbons (Fsp3) is 0.462. The molecular formula is C13H17FO. The lowest BCUT2D eigenvalue weighted by Crippen LogP contribution is -2.19. The predicted molar refractivity (Wildman–Crippen MR) is 59.5 cm³/mol. The minimum atomic E-state index is -1.87.